The van der Waals surface area contributed by atoms with Gasteiger partial charge in [-0.2, -0.15) is 10.2 Å². The first-order valence-corrected chi connectivity index (χ1v) is 11.9. The van der Waals surface area contributed by atoms with E-state index in [1.165, 1.54) is 0 Å². The van der Waals surface area contributed by atoms with Gasteiger partial charge in [0.15, 0.2) is 5.82 Å². The van der Waals surface area contributed by atoms with Crippen LogP contribution in [-0.4, -0.2) is 39.0 Å². The van der Waals surface area contributed by atoms with Gasteiger partial charge in [-0.25, -0.2) is 4.68 Å². The van der Waals surface area contributed by atoms with E-state index < -0.39 is 0 Å². The number of nitrogens with zero attached hydrogens (tertiary/aromatic N) is 5. The number of carbonyl (C=O) groups excluding carboxylic acids is 1. The first kappa shape index (κ1) is 22.3. The molecule has 34 heavy (non-hydrogen) atoms. The zero-order chi connectivity index (χ0) is 23.8. The van der Waals surface area contributed by atoms with Gasteiger partial charge in [-0.05, 0) is 63.4 Å². The number of nitrogens with one attached hydrogen (secondary N) is 1. The van der Waals surface area contributed by atoms with E-state index in [1.807, 2.05) is 61.0 Å². The maximum atomic E-state index is 13.1. The molecule has 1 aliphatic heterocycles. The van der Waals surface area contributed by atoms with Crippen LogP contribution in [0.3, 0.4) is 0 Å². The molecule has 174 valence electrons. The molecule has 5 rings (SSSR count). The molecule has 0 radical (unpaired) electrons. The Balaban J connectivity index is 1.45. The van der Waals surface area contributed by atoms with Crippen LogP contribution >= 0.6 is 11.6 Å². The molecule has 2 aromatic carbocycles. The van der Waals surface area contributed by atoms with E-state index in [-0.39, 0.29) is 11.8 Å². The summed E-state index contributed by atoms with van der Waals surface area (Å²) in [6.45, 7) is 7.35. The Labute approximate surface area is 203 Å². The molecule has 1 N–H and O–H groups in total. The predicted octanol–water partition coefficient (Wildman–Crippen LogP) is 5.25. The zero-order valence-electron chi connectivity index (χ0n) is 19.5. The first-order valence-electron chi connectivity index (χ1n) is 11.5. The van der Waals surface area contributed by atoms with Gasteiger partial charge >= 0.3 is 0 Å². The van der Waals surface area contributed by atoms with Crippen molar-refractivity contribution in [3.05, 3.63) is 70.5 Å². The van der Waals surface area contributed by atoms with Crippen LogP contribution in [0, 0.1) is 26.7 Å². The van der Waals surface area contributed by atoms with Gasteiger partial charge in [-0.3, -0.25) is 4.79 Å². The van der Waals surface area contributed by atoms with Gasteiger partial charge in [-0.15, -0.1) is 5.10 Å². The second-order valence-electron chi connectivity index (χ2n) is 8.90. The van der Waals surface area contributed by atoms with Crippen molar-refractivity contribution in [3.8, 4) is 5.69 Å². The topological polar surface area (TPSA) is 75.9 Å². The highest BCUT2D eigenvalue weighted by atomic mass is 35.5. The minimum absolute atomic E-state index is 0.00243. The lowest BCUT2D eigenvalue weighted by Gasteiger charge is -2.32. The smallest absolute Gasteiger partial charge is 0.229 e. The van der Waals surface area contributed by atoms with Gasteiger partial charge in [0, 0.05) is 23.8 Å². The fourth-order valence-corrected chi connectivity index (χ4v) is 4.86. The molecule has 0 bridgehead atoms. The third-order valence-corrected chi connectivity index (χ3v) is 6.77. The Hall–Kier alpha value is -3.45. The Kier molecular flexibility index (Phi) is 5.96. The summed E-state index contributed by atoms with van der Waals surface area (Å²) in [6, 6.07) is 15.6. The van der Waals surface area contributed by atoms with Crippen LogP contribution in [0.25, 0.3) is 16.6 Å². The number of fused-ring (bicyclic) bond motifs is 1. The maximum Gasteiger partial charge on any atom is 0.229 e. The molecule has 1 atom stereocenters. The number of aryl methyl sites for hydroxylation is 3. The van der Waals surface area contributed by atoms with Crippen LogP contribution in [0.2, 0.25) is 5.02 Å². The Bertz CT molecular complexity index is 1370. The standard InChI is InChI=1S/C26H27ClN6O/c1-16-11-12-20(27)14-22(16)28-26(34)19-8-7-13-32(15-19)25-24-23(17(2)29-30-25)18(3)33(31-24)21-9-5-4-6-10-21/h4-6,9-12,14,19H,7-8,13,15H2,1-3H3,(H,28,34)/t19-/m1/s1. The SMILES string of the molecule is Cc1ccc(Cl)cc1NC(=O)[C@@H]1CCCN(c2nnc(C)c3c(C)n(-c4ccccc4)nc23)C1. The molecule has 0 spiro atoms. The van der Waals surface area contributed by atoms with Crippen molar-refractivity contribution in [3.63, 3.8) is 0 Å². The van der Waals surface area contributed by atoms with E-state index in [2.05, 4.69) is 27.3 Å². The van der Waals surface area contributed by atoms with Crippen molar-refractivity contribution in [1.29, 1.82) is 0 Å². The minimum Gasteiger partial charge on any atom is -0.352 e. The van der Waals surface area contributed by atoms with E-state index in [4.69, 9.17) is 16.7 Å². The third kappa shape index (κ3) is 4.12. The monoisotopic (exact) mass is 474 g/mol. The molecule has 0 unspecified atom stereocenters. The number of aromatic nitrogens is 4. The lowest BCUT2D eigenvalue weighted by atomic mass is 9.96. The summed E-state index contributed by atoms with van der Waals surface area (Å²) >= 11 is 6.13. The molecule has 3 heterocycles. The fraction of sp³-hybridized carbons (Fsp3) is 0.308. The van der Waals surface area contributed by atoms with Gasteiger partial charge in [0.25, 0.3) is 0 Å². The fourth-order valence-electron chi connectivity index (χ4n) is 4.69. The number of para-hydroxylation sites is 1. The summed E-state index contributed by atoms with van der Waals surface area (Å²) in [5.41, 5.74) is 5.43. The Morgan fingerprint density at radius 2 is 1.88 bits per heavy atom. The molecule has 7 nitrogen and oxygen atoms in total. The van der Waals surface area contributed by atoms with Crippen molar-refractivity contribution in [2.45, 2.75) is 33.6 Å². The van der Waals surface area contributed by atoms with Crippen LogP contribution < -0.4 is 10.2 Å². The average molecular weight is 475 g/mol. The molecule has 2 aromatic heterocycles. The number of amides is 1. The number of carbonyl (C=O) groups is 1. The molecule has 0 aliphatic carbocycles. The molecular weight excluding hydrogens is 448 g/mol. The summed E-state index contributed by atoms with van der Waals surface area (Å²) in [4.78, 5) is 15.3. The van der Waals surface area contributed by atoms with Crippen molar-refractivity contribution in [2.24, 2.45) is 5.92 Å². The quantitative estimate of drug-likeness (QED) is 0.437. The molecular formula is C26H27ClN6O. The predicted molar refractivity (Wildman–Crippen MR) is 136 cm³/mol. The van der Waals surface area contributed by atoms with Crippen LogP contribution in [0.4, 0.5) is 11.5 Å². The Morgan fingerprint density at radius 3 is 2.68 bits per heavy atom. The lowest BCUT2D eigenvalue weighted by molar-refractivity contribution is -0.120. The number of anilines is 2. The summed E-state index contributed by atoms with van der Waals surface area (Å²) < 4.78 is 1.95. The van der Waals surface area contributed by atoms with Gasteiger partial charge in [0.2, 0.25) is 5.91 Å². The van der Waals surface area contributed by atoms with Gasteiger partial charge in [0.05, 0.1) is 28.4 Å². The van der Waals surface area contributed by atoms with Gasteiger partial charge in [-0.1, -0.05) is 35.9 Å². The van der Waals surface area contributed by atoms with Gasteiger partial charge in [0.1, 0.15) is 5.52 Å². The summed E-state index contributed by atoms with van der Waals surface area (Å²) in [5, 5.41) is 18.6. The second kappa shape index (κ2) is 9.06. The van der Waals surface area contributed by atoms with Crippen molar-refractivity contribution in [1.82, 2.24) is 20.0 Å². The minimum atomic E-state index is -0.164. The highest BCUT2D eigenvalue weighted by Gasteiger charge is 2.29. The normalized spacial score (nSPS) is 16.1. The molecule has 4 aromatic rings. The highest BCUT2D eigenvalue weighted by Crippen LogP contribution is 2.32. The first-order chi connectivity index (χ1) is 16.4. The highest BCUT2D eigenvalue weighted by molar-refractivity contribution is 6.31. The number of hydrogen-bond acceptors (Lipinski definition) is 5. The molecule has 1 fully saturated rings. The Morgan fingerprint density at radius 1 is 1.09 bits per heavy atom. The lowest BCUT2D eigenvalue weighted by Crippen LogP contribution is -2.41. The van der Waals surface area contributed by atoms with E-state index in [9.17, 15) is 4.79 Å². The molecule has 8 heteroatoms. The summed E-state index contributed by atoms with van der Waals surface area (Å²) in [5.74, 6) is 0.565. The van der Waals surface area contributed by atoms with Crippen LogP contribution in [0.5, 0.6) is 0 Å². The van der Waals surface area contributed by atoms with E-state index in [0.29, 0.717) is 11.6 Å². The largest absolute Gasteiger partial charge is 0.352 e. The number of halogens is 1. The number of hydrogen-bond donors (Lipinski definition) is 1. The third-order valence-electron chi connectivity index (χ3n) is 6.53. The van der Waals surface area contributed by atoms with E-state index >= 15 is 0 Å². The van der Waals surface area contributed by atoms with Gasteiger partial charge < -0.3 is 10.2 Å². The number of benzene rings is 2. The summed E-state index contributed by atoms with van der Waals surface area (Å²) in [7, 11) is 0. The molecule has 0 saturated carbocycles. The number of rotatable bonds is 4. The van der Waals surface area contributed by atoms with Crippen LogP contribution in [0.1, 0.15) is 29.8 Å². The van der Waals surface area contributed by atoms with E-state index in [1.54, 1.807) is 6.07 Å². The molecule has 1 saturated heterocycles. The maximum absolute atomic E-state index is 13.1. The average Bonchev–Trinajstić information content (AvgIpc) is 3.20. The molecule has 1 amide bonds. The zero-order valence-corrected chi connectivity index (χ0v) is 20.3. The number of piperidine rings is 1. The van der Waals surface area contributed by atoms with Crippen molar-refractivity contribution < 1.29 is 4.79 Å². The summed E-state index contributed by atoms with van der Waals surface area (Å²) in [6.07, 6.45) is 1.71. The van der Waals surface area contributed by atoms with E-state index in [0.717, 1.165) is 64.4 Å². The van der Waals surface area contributed by atoms with Crippen LogP contribution in [0.15, 0.2) is 48.5 Å². The van der Waals surface area contributed by atoms with Crippen molar-refractivity contribution >= 4 is 39.9 Å². The molecule has 1 aliphatic rings. The second-order valence-corrected chi connectivity index (χ2v) is 9.34. The van der Waals surface area contributed by atoms with Crippen molar-refractivity contribution in [2.75, 3.05) is 23.3 Å². The van der Waals surface area contributed by atoms with Crippen LogP contribution in [-0.2, 0) is 4.79 Å².